The Morgan fingerprint density at radius 2 is 1.73 bits per heavy atom. The lowest BCUT2D eigenvalue weighted by molar-refractivity contribution is -0.135. The van der Waals surface area contributed by atoms with Crippen LogP contribution >= 0.6 is 11.3 Å². The molecule has 0 spiro atoms. The standard InChI is InChI=1S/C30H28O6S/c1-19(2)23-6-4-5-7-24(23)30-29(36-21-11-8-20(9-12-21)10-15-27(31)32)25-14-13-22(18-26(25)37-30)35-28(33)16-17-34-3/h4-15,18-19H,16-17H2,1-3H3,(H,31,32). The first-order chi connectivity index (χ1) is 17.9. The number of carbonyl (C=O) groups is 2. The van der Waals surface area contributed by atoms with Crippen molar-refractivity contribution in [2.45, 2.75) is 26.2 Å². The molecule has 0 bridgehead atoms. The molecule has 1 N–H and O–H groups in total. The van der Waals surface area contributed by atoms with E-state index in [0.29, 0.717) is 24.0 Å². The Bertz CT molecular complexity index is 1430. The molecule has 0 saturated heterocycles. The summed E-state index contributed by atoms with van der Waals surface area (Å²) in [4.78, 5) is 23.9. The second-order valence-electron chi connectivity index (χ2n) is 8.72. The number of fused-ring (bicyclic) bond motifs is 1. The van der Waals surface area contributed by atoms with Crippen molar-refractivity contribution in [3.63, 3.8) is 0 Å². The highest BCUT2D eigenvalue weighted by molar-refractivity contribution is 7.22. The molecular weight excluding hydrogens is 488 g/mol. The van der Waals surface area contributed by atoms with Gasteiger partial charge in [0.05, 0.1) is 17.9 Å². The van der Waals surface area contributed by atoms with Gasteiger partial charge in [0.1, 0.15) is 11.5 Å². The lowest BCUT2D eigenvalue weighted by atomic mass is 9.96. The van der Waals surface area contributed by atoms with Crippen LogP contribution in [-0.4, -0.2) is 30.8 Å². The summed E-state index contributed by atoms with van der Waals surface area (Å²) in [6, 6.07) is 21.1. The first kappa shape index (κ1) is 26.1. The zero-order valence-corrected chi connectivity index (χ0v) is 21.7. The minimum atomic E-state index is -0.998. The van der Waals surface area contributed by atoms with Crippen molar-refractivity contribution in [1.82, 2.24) is 0 Å². The summed E-state index contributed by atoms with van der Waals surface area (Å²) >= 11 is 1.58. The Hall–Kier alpha value is -3.94. The normalized spacial score (nSPS) is 11.4. The van der Waals surface area contributed by atoms with Gasteiger partial charge in [-0.2, -0.15) is 0 Å². The number of aliphatic carboxylic acids is 1. The van der Waals surface area contributed by atoms with Crippen LogP contribution in [0.1, 0.15) is 37.3 Å². The molecule has 6 nitrogen and oxygen atoms in total. The van der Waals surface area contributed by atoms with E-state index in [1.807, 2.05) is 48.5 Å². The van der Waals surface area contributed by atoms with E-state index in [4.69, 9.17) is 19.3 Å². The third kappa shape index (κ3) is 6.44. The molecule has 190 valence electrons. The average Bonchev–Trinajstić information content (AvgIpc) is 3.24. The second-order valence-corrected chi connectivity index (χ2v) is 9.77. The predicted octanol–water partition coefficient (Wildman–Crippen LogP) is 7.52. The number of hydrogen-bond donors (Lipinski definition) is 1. The first-order valence-corrected chi connectivity index (χ1v) is 12.7. The molecular formula is C30H28O6S. The maximum absolute atomic E-state index is 12.1. The van der Waals surface area contributed by atoms with Gasteiger partial charge in [0.15, 0.2) is 5.75 Å². The molecule has 0 atom stereocenters. The fraction of sp³-hybridized carbons (Fsp3) is 0.200. The Labute approximate surface area is 219 Å². The molecule has 7 heteroatoms. The van der Waals surface area contributed by atoms with E-state index in [1.165, 1.54) is 11.6 Å². The largest absolute Gasteiger partial charge is 0.478 e. The Kier molecular flexibility index (Phi) is 8.38. The fourth-order valence-corrected chi connectivity index (χ4v) is 5.11. The van der Waals surface area contributed by atoms with Gasteiger partial charge in [-0.1, -0.05) is 50.2 Å². The van der Waals surface area contributed by atoms with Gasteiger partial charge < -0.3 is 19.3 Å². The number of carboxylic acid groups (broad SMARTS) is 1. The molecule has 4 aromatic rings. The molecule has 1 aromatic heterocycles. The van der Waals surface area contributed by atoms with Gasteiger partial charge in [-0.15, -0.1) is 11.3 Å². The van der Waals surface area contributed by atoms with Crippen molar-refractivity contribution < 1.29 is 28.9 Å². The number of thiophene rings is 1. The molecule has 37 heavy (non-hydrogen) atoms. The van der Waals surface area contributed by atoms with Gasteiger partial charge in [-0.05, 0) is 59.0 Å². The molecule has 0 aliphatic rings. The molecule has 0 aliphatic heterocycles. The maximum Gasteiger partial charge on any atom is 0.328 e. The Morgan fingerprint density at radius 3 is 2.43 bits per heavy atom. The lowest BCUT2D eigenvalue weighted by Crippen LogP contribution is -2.10. The molecule has 0 radical (unpaired) electrons. The molecule has 0 amide bonds. The number of ether oxygens (including phenoxy) is 3. The minimum Gasteiger partial charge on any atom is -0.478 e. The summed E-state index contributed by atoms with van der Waals surface area (Å²) < 4.78 is 17.9. The van der Waals surface area contributed by atoms with E-state index >= 15 is 0 Å². The van der Waals surface area contributed by atoms with Gasteiger partial charge in [0, 0.05) is 23.3 Å². The van der Waals surface area contributed by atoms with Crippen LogP contribution in [0.2, 0.25) is 0 Å². The van der Waals surface area contributed by atoms with E-state index in [2.05, 4.69) is 26.0 Å². The van der Waals surface area contributed by atoms with Gasteiger partial charge in [-0.3, -0.25) is 4.79 Å². The van der Waals surface area contributed by atoms with Gasteiger partial charge in [0.2, 0.25) is 0 Å². The highest BCUT2D eigenvalue weighted by atomic mass is 32.1. The lowest BCUT2D eigenvalue weighted by Gasteiger charge is -2.14. The molecule has 0 fully saturated rings. The Balaban J connectivity index is 1.75. The number of methoxy groups -OCH3 is 1. The van der Waals surface area contributed by atoms with E-state index in [0.717, 1.165) is 37.9 Å². The zero-order valence-electron chi connectivity index (χ0n) is 20.9. The van der Waals surface area contributed by atoms with E-state index < -0.39 is 5.97 Å². The van der Waals surface area contributed by atoms with Crippen LogP contribution in [0.15, 0.2) is 72.8 Å². The first-order valence-electron chi connectivity index (χ1n) is 11.9. The van der Waals surface area contributed by atoms with Crippen molar-refractivity contribution in [3.8, 4) is 27.7 Å². The van der Waals surface area contributed by atoms with Crippen LogP contribution in [0.25, 0.3) is 26.6 Å². The molecule has 0 unspecified atom stereocenters. The van der Waals surface area contributed by atoms with Gasteiger partial charge >= 0.3 is 11.9 Å². The molecule has 0 saturated carbocycles. The van der Waals surface area contributed by atoms with E-state index in [-0.39, 0.29) is 12.4 Å². The fourth-order valence-electron chi connectivity index (χ4n) is 3.90. The number of carbonyl (C=O) groups excluding carboxylic acids is 1. The van der Waals surface area contributed by atoms with Crippen molar-refractivity contribution in [2.75, 3.05) is 13.7 Å². The topological polar surface area (TPSA) is 82.1 Å². The quantitative estimate of drug-likeness (QED) is 0.133. The van der Waals surface area contributed by atoms with Crippen LogP contribution in [0.3, 0.4) is 0 Å². The monoisotopic (exact) mass is 516 g/mol. The summed E-state index contributed by atoms with van der Waals surface area (Å²) in [6.45, 7) is 4.63. The van der Waals surface area contributed by atoms with Crippen LogP contribution < -0.4 is 9.47 Å². The second kappa shape index (κ2) is 11.9. The predicted molar refractivity (Wildman–Crippen MR) is 147 cm³/mol. The highest BCUT2D eigenvalue weighted by Gasteiger charge is 2.20. The summed E-state index contributed by atoms with van der Waals surface area (Å²) in [7, 11) is 1.54. The number of benzene rings is 3. The van der Waals surface area contributed by atoms with Crippen molar-refractivity contribution in [2.24, 2.45) is 0 Å². The molecule has 1 heterocycles. The average molecular weight is 517 g/mol. The number of esters is 1. The molecule has 0 aliphatic carbocycles. The molecule has 3 aromatic carbocycles. The smallest absolute Gasteiger partial charge is 0.328 e. The van der Waals surface area contributed by atoms with Gasteiger partial charge in [-0.25, -0.2) is 4.79 Å². The summed E-state index contributed by atoms with van der Waals surface area (Å²) in [5.41, 5.74) is 3.06. The number of carboxylic acids is 1. The van der Waals surface area contributed by atoms with E-state index in [9.17, 15) is 9.59 Å². The van der Waals surface area contributed by atoms with Gasteiger partial charge in [0.25, 0.3) is 0 Å². The van der Waals surface area contributed by atoms with Crippen LogP contribution in [0.4, 0.5) is 0 Å². The molecule has 4 rings (SSSR count). The van der Waals surface area contributed by atoms with Crippen LogP contribution in [0, 0.1) is 0 Å². The third-order valence-corrected chi connectivity index (χ3v) is 6.87. The summed E-state index contributed by atoms with van der Waals surface area (Å²) in [5, 5.41) is 9.77. The number of hydrogen-bond acceptors (Lipinski definition) is 6. The van der Waals surface area contributed by atoms with Crippen molar-refractivity contribution in [3.05, 3.63) is 83.9 Å². The SMILES string of the molecule is COCCC(=O)Oc1ccc2c(Oc3ccc(C=CC(=O)O)cc3)c(-c3ccccc3C(C)C)sc2c1. The zero-order chi connectivity index (χ0) is 26.4. The maximum atomic E-state index is 12.1. The van der Waals surface area contributed by atoms with E-state index in [1.54, 1.807) is 24.5 Å². The summed E-state index contributed by atoms with van der Waals surface area (Å²) in [6.07, 6.45) is 2.81. The number of rotatable bonds is 10. The third-order valence-electron chi connectivity index (χ3n) is 5.70. The Morgan fingerprint density at radius 1 is 1.00 bits per heavy atom. The van der Waals surface area contributed by atoms with Crippen molar-refractivity contribution >= 4 is 39.4 Å². The highest BCUT2D eigenvalue weighted by Crippen LogP contribution is 2.48. The van der Waals surface area contributed by atoms with Crippen LogP contribution in [-0.2, 0) is 14.3 Å². The van der Waals surface area contributed by atoms with Crippen LogP contribution in [0.5, 0.6) is 17.2 Å². The minimum absolute atomic E-state index is 0.179. The van der Waals surface area contributed by atoms with Crippen molar-refractivity contribution in [1.29, 1.82) is 0 Å². The summed E-state index contributed by atoms with van der Waals surface area (Å²) in [5.74, 6) is 0.787.